The van der Waals surface area contributed by atoms with Crippen molar-refractivity contribution in [2.75, 3.05) is 13.2 Å². The van der Waals surface area contributed by atoms with Gasteiger partial charge in [-0.15, -0.1) is 0 Å². The lowest BCUT2D eigenvalue weighted by molar-refractivity contribution is -0.161. The first-order chi connectivity index (χ1) is 14.1. The van der Waals surface area contributed by atoms with Crippen LogP contribution in [0, 0.1) is 0 Å². The Bertz CT molecular complexity index is 1050. The van der Waals surface area contributed by atoms with Gasteiger partial charge in [-0.05, 0) is 47.4 Å². The van der Waals surface area contributed by atoms with Gasteiger partial charge in [-0.3, -0.25) is 4.79 Å². The molecule has 0 spiro atoms. The van der Waals surface area contributed by atoms with E-state index in [1.807, 2.05) is 60.7 Å². The Labute approximate surface area is 169 Å². The Morgan fingerprint density at radius 1 is 0.966 bits per heavy atom. The number of benzene rings is 3. The van der Waals surface area contributed by atoms with Crippen molar-refractivity contribution in [1.82, 2.24) is 4.90 Å². The van der Waals surface area contributed by atoms with E-state index >= 15 is 0 Å². The largest absolute Gasteiger partial charge is 0.482 e. The average Bonchev–Trinajstić information content (AvgIpc) is 2.76. The quantitative estimate of drug-likeness (QED) is 0.624. The summed E-state index contributed by atoms with van der Waals surface area (Å²) in [5.41, 5.74) is 2.41. The van der Waals surface area contributed by atoms with Gasteiger partial charge in [-0.25, -0.2) is 4.79 Å². The van der Waals surface area contributed by atoms with E-state index in [0.29, 0.717) is 18.8 Å². The molecular weight excluding hydrogens is 366 g/mol. The molecule has 4 rings (SSSR count). The molecule has 0 fully saturated rings. The molecule has 3 aromatic rings. The molecule has 1 aliphatic rings. The van der Waals surface area contributed by atoms with Crippen LogP contribution in [0.25, 0.3) is 10.8 Å². The molecule has 0 saturated heterocycles. The third kappa shape index (κ3) is 4.40. The second-order valence-electron chi connectivity index (χ2n) is 7.21. The Hall–Kier alpha value is -3.34. The Kier molecular flexibility index (Phi) is 5.47. The highest BCUT2D eigenvalue weighted by atomic mass is 16.6. The van der Waals surface area contributed by atoms with Crippen LogP contribution in [0.3, 0.4) is 0 Å². The molecule has 0 unspecified atom stereocenters. The minimum absolute atomic E-state index is 0.182. The normalized spacial score (nSPS) is 14.2. The second-order valence-corrected chi connectivity index (χ2v) is 7.21. The number of fused-ring (bicyclic) bond motifs is 2. The molecule has 0 bridgehead atoms. The Morgan fingerprint density at radius 3 is 2.52 bits per heavy atom. The maximum absolute atomic E-state index is 12.7. The number of hydrogen-bond acceptors (Lipinski definition) is 4. The van der Waals surface area contributed by atoms with Crippen LogP contribution in [0.2, 0.25) is 0 Å². The average molecular weight is 389 g/mol. The van der Waals surface area contributed by atoms with Crippen molar-refractivity contribution in [3.8, 4) is 5.75 Å². The summed E-state index contributed by atoms with van der Waals surface area (Å²) < 4.78 is 10.9. The first-order valence-electron chi connectivity index (χ1n) is 9.77. The van der Waals surface area contributed by atoms with Gasteiger partial charge in [0.1, 0.15) is 5.75 Å². The third-order valence-electron chi connectivity index (χ3n) is 5.18. The number of ether oxygens (including phenoxy) is 2. The number of rotatable bonds is 5. The van der Waals surface area contributed by atoms with Crippen LogP contribution in [-0.4, -0.2) is 36.0 Å². The number of amides is 1. The molecule has 29 heavy (non-hydrogen) atoms. The van der Waals surface area contributed by atoms with Crippen LogP contribution in [0.5, 0.6) is 5.75 Å². The number of carbonyl (C=O) groups is 2. The topological polar surface area (TPSA) is 55.8 Å². The van der Waals surface area contributed by atoms with Gasteiger partial charge in [0, 0.05) is 13.1 Å². The van der Waals surface area contributed by atoms with Gasteiger partial charge < -0.3 is 14.4 Å². The molecule has 148 valence electrons. The number of nitrogens with zero attached hydrogens (tertiary/aromatic N) is 1. The summed E-state index contributed by atoms with van der Waals surface area (Å²) in [5.74, 6) is -0.151. The van der Waals surface area contributed by atoms with Gasteiger partial charge >= 0.3 is 5.97 Å². The monoisotopic (exact) mass is 389 g/mol. The first kappa shape index (κ1) is 19.0. The van der Waals surface area contributed by atoms with Gasteiger partial charge in [0.15, 0.2) is 12.7 Å². The van der Waals surface area contributed by atoms with Crippen molar-refractivity contribution in [3.05, 3.63) is 77.9 Å². The molecule has 5 heteroatoms. The first-order valence-corrected chi connectivity index (χ1v) is 9.77. The molecule has 0 aromatic heterocycles. The molecule has 1 aliphatic heterocycles. The molecule has 1 heterocycles. The number of esters is 1. The molecule has 0 saturated carbocycles. The summed E-state index contributed by atoms with van der Waals surface area (Å²) in [7, 11) is 0. The lowest BCUT2D eigenvalue weighted by Gasteiger charge is -2.30. The number of carbonyl (C=O) groups excluding carboxylic acids is 2. The van der Waals surface area contributed by atoms with Crippen LogP contribution < -0.4 is 4.74 Å². The molecule has 0 aliphatic carbocycles. The van der Waals surface area contributed by atoms with Gasteiger partial charge in [0.05, 0.1) is 0 Å². The van der Waals surface area contributed by atoms with E-state index in [9.17, 15) is 9.59 Å². The van der Waals surface area contributed by atoms with E-state index in [1.165, 1.54) is 5.56 Å². The van der Waals surface area contributed by atoms with Crippen molar-refractivity contribution >= 4 is 22.6 Å². The van der Waals surface area contributed by atoms with Gasteiger partial charge in [0.2, 0.25) is 0 Å². The van der Waals surface area contributed by atoms with E-state index in [2.05, 4.69) is 6.07 Å². The van der Waals surface area contributed by atoms with Gasteiger partial charge in [-0.1, -0.05) is 54.6 Å². The standard InChI is InChI=1S/C24H23NO4/c1-17(24(27)25-13-12-19-7-3-5-9-21(19)15-25)29-23(26)16-28-22-11-10-18-6-2-4-8-20(18)14-22/h2-11,14,17H,12-13,15-16H2,1H3/t17-/m1/s1. The van der Waals surface area contributed by atoms with Crippen LogP contribution in [0.1, 0.15) is 18.1 Å². The highest BCUT2D eigenvalue weighted by molar-refractivity contribution is 5.85. The predicted molar refractivity (Wildman–Crippen MR) is 111 cm³/mol. The molecule has 1 amide bonds. The molecule has 0 N–H and O–H groups in total. The predicted octanol–water partition coefficient (Wildman–Crippen LogP) is 3.74. The third-order valence-corrected chi connectivity index (χ3v) is 5.18. The van der Waals surface area contributed by atoms with Gasteiger partial charge in [0.25, 0.3) is 5.91 Å². The molecule has 3 aromatic carbocycles. The van der Waals surface area contributed by atoms with Crippen molar-refractivity contribution in [2.45, 2.75) is 26.0 Å². The summed E-state index contributed by atoms with van der Waals surface area (Å²) in [5, 5.41) is 2.14. The fraction of sp³-hybridized carbons (Fsp3) is 0.250. The smallest absolute Gasteiger partial charge is 0.344 e. The molecule has 5 nitrogen and oxygen atoms in total. The van der Waals surface area contributed by atoms with Crippen LogP contribution in [0.15, 0.2) is 66.7 Å². The summed E-state index contributed by atoms with van der Waals surface area (Å²) in [6, 6.07) is 21.7. The van der Waals surface area contributed by atoms with Crippen molar-refractivity contribution in [1.29, 1.82) is 0 Å². The zero-order valence-corrected chi connectivity index (χ0v) is 16.3. The van der Waals surface area contributed by atoms with Crippen molar-refractivity contribution in [2.24, 2.45) is 0 Å². The minimum Gasteiger partial charge on any atom is -0.482 e. The summed E-state index contributed by atoms with van der Waals surface area (Å²) >= 11 is 0. The summed E-state index contributed by atoms with van der Waals surface area (Å²) in [6.07, 6.45) is -0.0267. The van der Waals surface area contributed by atoms with E-state index in [0.717, 1.165) is 22.8 Å². The zero-order chi connectivity index (χ0) is 20.2. The highest BCUT2D eigenvalue weighted by Gasteiger charge is 2.27. The van der Waals surface area contributed by atoms with Crippen LogP contribution in [0.4, 0.5) is 0 Å². The van der Waals surface area contributed by atoms with Gasteiger partial charge in [-0.2, -0.15) is 0 Å². The fourth-order valence-electron chi connectivity index (χ4n) is 3.62. The SMILES string of the molecule is C[C@@H](OC(=O)COc1ccc2ccccc2c1)C(=O)N1CCc2ccccc2C1. The lowest BCUT2D eigenvalue weighted by Crippen LogP contribution is -2.43. The molecular formula is C24H23NO4. The Morgan fingerprint density at radius 2 is 1.69 bits per heavy atom. The maximum Gasteiger partial charge on any atom is 0.344 e. The van der Waals surface area contributed by atoms with Crippen LogP contribution in [-0.2, 0) is 27.3 Å². The van der Waals surface area contributed by atoms with Crippen molar-refractivity contribution in [3.63, 3.8) is 0 Å². The minimum atomic E-state index is -0.840. The zero-order valence-electron chi connectivity index (χ0n) is 16.3. The second kappa shape index (κ2) is 8.35. The van der Waals surface area contributed by atoms with E-state index in [-0.39, 0.29) is 12.5 Å². The molecule has 0 radical (unpaired) electrons. The van der Waals surface area contributed by atoms with Crippen molar-refractivity contribution < 1.29 is 19.1 Å². The molecule has 1 atom stereocenters. The maximum atomic E-state index is 12.7. The van der Waals surface area contributed by atoms with Crippen LogP contribution >= 0.6 is 0 Å². The summed E-state index contributed by atoms with van der Waals surface area (Å²) in [6.45, 7) is 2.55. The van der Waals surface area contributed by atoms with E-state index in [4.69, 9.17) is 9.47 Å². The number of hydrogen-bond donors (Lipinski definition) is 0. The highest BCUT2D eigenvalue weighted by Crippen LogP contribution is 2.21. The van der Waals surface area contributed by atoms with E-state index in [1.54, 1.807) is 11.8 Å². The fourth-order valence-corrected chi connectivity index (χ4v) is 3.62. The lowest BCUT2D eigenvalue weighted by atomic mass is 9.99. The van der Waals surface area contributed by atoms with E-state index < -0.39 is 12.1 Å². The summed E-state index contributed by atoms with van der Waals surface area (Å²) in [4.78, 5) is 26.6. The Balaban J connectivity index is 1.30.